The highest BCUT2D eigenvalue weighted by Crippen LogP contribution is 2.18. The van der Waals surface area contributed by atoms with Gasteiger partial charge in [0.25, 0.3) is 0 Å². The van der Waals surface area contributed by atoms with Gasteiger partial charge in [0.15, 0.2) is 5.82 Å². The first-order valence-electron chi connectivity index (χ1n) is 5.54. The molecule has 0 saturated heterocycles. The Hall–Kier alpha value is -2.61. The highest BCUT2D eigenvalue weighted by molar-refractivity contribution is 5.81. The fraction of sp³-hybridized carbons (Fsp3) is 0.154. The van der Waals surface area contributed by atoms with E-state index in [9.17, 15) is 0 Å². The summed E-state index contributed by atoms with van der Waals surface area (Å²) >= 11 is 0. The summed E-state index contributed by atoms with van der Waals surface area (Å²) in [5, 5.41) is 13.8. The number of rotatable bonds is 2. The molecule has 0 aliphatic heterocycles. The lowest BCUT2D eigenvalue weighted by Gasteiger charge is -2.01. The van der Waals surface area contributed by atoms with Crippen LogP contribution in [0.3, 0.4) is 0 Å². The summed E-state index contributed by atoms with van der Waals surface area (Å²) in [6, 6.07) is 9.71. The van der Waals surface area contributed by atoms with Crippen molar-refractivity contribution in [1.29, 1.82) is 5.26 Å². The third-order valence-electron chi connectivity index (χ3n) is 2.78. The van der Waals surface area contributed by atoms with Crippen LogP contribution in [0.5, 0.6) is 0 Å². The van der Waals surface area contributed by atoms with Gasteiger partial charge in [-0.25, -0.2) is 0 Å². The number of hydrogen-bond donors (Lipinski definition) is 0. The molecular weight excluding hydrogens is 228 g/mol. The lowest BCUT2D eigenvalue weighted by molar-refractivity contribution is 0.386. The molecule has 5 nitrogen and oxygen atoms in total. The van der Waals surface area contributed by atoms with Crippen LogP contribution in [0.1, 0.15) is 17.3 Å². The van der Waals surface area contributed by atoms with Crippen molar-refractivity contribution < 1.29 is 4.52 Å². The van der Waals surface area contributed by atoms with Gasteiger partial charge in [0, 0.05) is 24.0 Å². The predicted molar refractivity (Wildman–Crippen MR) is 64.8 cm³/mol. The summed E-state index contributed by atoms with van der Waals surface area (Å²) in [5.41, 5.74) is 1.71. The average Bonchev–Trinajstić information content (AvgIpc) is 2.96. The second kappa shape index (κ2) is 4.00. The Balaban J connectivity index is 2.00. The van der Waals surface area contributed by atoms with Gasteiger partial charge in [-0.05, 0) is 24.3 Å². The third-order valence-corrected chi connectivity index (χ3v) is 2.78. The van der Waals surface area contributed by atoms with E-state index in [0.29, 0.717) is 23.8 Å². The van der Waals surface area contributed by atoms with E-state index in [-0.39, 0.29) is 0 Å². The molecule has 2 heterocycles. The van der Waals surface area contributed by atoms with E-state index in [2.05, 4.69) is 16.2 Å². The SMILES string of the molecule is Cc1nc(Cn2ccc3cc(C#N)ccc32)no1. The van der Waals surface area contributed by atoms with Crippen molar-refractivity contribution in [3.63, 3.8) is 0 Å². The van der Waals surface area contributed by atoms with Crippen molar-refractivity contribution in [1.82, 2.24) is 14.7 Å². The van der Waals surface area contributed by atoms with Gasteiger partial charge in [-0.2, -0.15) is 10.2 Å². The van der Waals surface area contributed by atoms with E-state index in [0.717, 1.165) is 10.9 Å². The number of benzene rings is 1. The van der Waals surface area contributed by atoms with Gasteiger partial charge in [0.2, 0.25) is 5.89 Å². The first-order chi connectivity index (χ1) is 8.76. The van der Waals surface area contributed by atoms with Crippen LogP contribution in [0, 0.1) is 18.3 Å². The number of nitriles is 1. The Morgan fingerprint density at radius 1 is 1.39 bits per heavy atom. The maximum absolute atomic E-state index is 8.85. The quantitative estimate of drug-likeness (QED) is 0.686. The van der Waals surface area contributed by atoms with E-state index >= 15 is 0 Å². The van der Waals surface area contributed by atoms with Crippen molar-refractivity contribution in [2.45, 2.75) is 13.5 Å². The third kappa shape index (κ3) is 1.74. The Morgan fingerprint density at radius 2 is 2.28 bits per heavy atom. The average molecular weight is 238 g/mol. The fourth-order valence-corrected chi connectivity index (χ4v) is 1.97. The Bertz CT molecular complexity index is 748. The molecule has 3 rings (SSSR count). The van der Waals surface area contributed by atoms with Crippen LogP contribution in [-0.2, 0) is 6.54 Å². The number of aromatic nitrogens is 3. The summed E-state index contributed by atoms with van der Waals surface area (Å²) in [7, 11) is 0. The highest BCUT2D eigenvalue weighted by Gasteiger charge is 2.06. The van der Waals surface area contributed by atoms with E-state index in [1.165, 1.54) is 0 Å². The number of nitrogens with zero attached hydrogens (tertiary/aromatic N) is 4. The van der Waals surface area contributed by atoms with Crippen molar-refractivity contribution in [3.8, 4) is 6.07 Å². The molecule has 0 amide bonds. The molecule has 3 aromatic rings. The molecule has 0 spiro atoms. The van der Waals surface area contributed by atoms with Gasteiger partial charge >= 0.3 is 0 Å². The minimum atomic E-state index is 0.562. The smallest absolute Gasteiger partial charge is 0.223 e. The molecule has 0 saturated carbocycles. The van der Waals surface area contributed by atoms with Crippen LogP contribution in [-0.4, -0.2) is 14.7 Å². The highest BCUT2D eigenvalue weighted by atomic mass is 16.5. The van der Waals surface area contributed by atoms with Crippen molar-refractivity contribution in [3.05, 3.63) is 47.7 Å². The minimum Gasteiger partial charge on any atom is -0.340 e. The first-order valence-corrected chi connectivity index (χ1v) is 5.54. The molecule has 0 fully saturated rings. The van der Waals surface area contributed by atoms with E-state index in [1.54, 1.807) is 13.0 Å². The number of hydrogen-bond acceptors (Lipinski definition) is 4. The standard InChI is InChI=1S/C13H10N4O/c1-9-15-13(16-18-9)8-17-5-4-11-6-10(7-14)2-3-12(11)17/h2-6H,8H2,1H3. The molecule has 2 aromatic heterocycles. The van der Waals surface area contributed by atoms with Gasteiger partial charge in [-0.15, -0.1) is 0 Å². The topological polar surface area (TPSA) is 67.6 Å². The zero-order valence-corrected chi connectivity index (χ0v) is 9.79. The number of aryl methyl sites for hydroxylation is 1. The first kappa shape index (κ1) is 10.5. The molecule has 0 aliphatic rings. The molecule has 0 bridgehead atoms. The van der Waals surface area contributed by atoms with Crippen LogP contribution in [0.4, 0.5) is 0 Å². The summed E-state index contributed by atoms with van der Waals surface area (Å²) in [5.74, 6) is 1.21. The van der Waals surface area contributed by atoms with Gasteiger partial charge in [0.1, 0.15) is 0 Å². The van der Waals surface area contributed by atoms with Crippen molar-refractivity contribution in [2.75, 3.05) is 0 Å². The van der Waals surface area contributed by atoms with E-state index in [4.69, 9.17) is 9.78 Å². The number of fused-ring (bicyclic) bond motifs is 1. The molecule has 0 radical (unpaired) electrons. The van der Waals surface area contributed by atoms with Gasteiger partial charge in [-0.1, -0.05) is 5.16 Å². The van der Waals surface area contributed by atoms with Crippen LogP contribution < -0.4 is 0 Å². The van der Waals surface area contributed by atoms with Crippen molar-refractivity contribution in [2.24, 2.45) is 0 Å². The molecule has 0 N–H and O–H groups in total. The molecule has 0 aliphatic carbocycles. The second-order valence-electron chi connectivity index (χ2n) is 4.06. The fourth-order valence-electron chi connectivity index (χ4n) is 1.97. The van der Waals surface area contributed by atoms with Crippen LogP contribution >= 0.6 is 0 Å². The van der Waals surface area contributed by atoms with E-state index < -0.39 is 0 Å². The van der Waals surface area contributed by atoms with E-state index in [1.807, 2.05) is 29.0 Å². The summed E-state index contributed by atoms with van der Waals surface area (Å²) in [6.45, 7) is 2.33. The van der Waals surface area contributed by atoms with Crippen LogP contribution in [0.15, 0.2) is 35.0 Å². The normalized spacial score (nSPS) is 10.7. The lowest BCUT2D eigenvalue weighted by atomic mass is 10.2. The molecule has 88 valence electrons. The van der Waals surface area contributed by atoms with Gasteiger partial charge in [-0.3, -0.25) is 0 Å². The lowest BCUT2D eigenvalue weighted by Crippen LogP contribution is -1.99. The monoisotopic (exact) mass is 238 g/mol. The molecular formula is C13H10N4O. The summed E-state index contributed by atoms with van der Waals surface area (Å²) < 4.78 is 6.97. The second-order valence-corrected chi connectivity index (χ2v) is 4.06. The van der Waals surface area contributed by atoms with Gasteiger partial charge < -0.3 is 9.09 Å². The minimum absolute atomic E-state index is 0.562. The van der Waals surface area contributed by atoms with Crippen molar-refractivity contribution >= 4 is 10.9 Å². The molecule has 5 heteroatoms. The Kier molecular flexibility index (Phi) is 2.34. The molecule has 1 aromatic carbocycles. The molecule has 0 unspecified atom stereocenters. The Labute approximate surface area is 103 Å². The van der Waals surface area contributed by atoms with Crippen LogP contribution in [0.2, 0.25) is 0 Å². The largest absolute Gasteiger partial charge is 0.340 e. The summed E-state index contributed by atoms with van der Waals surface area (Å²) in [6.07, 6.45) is 1.96. The maximum atomic E-state index is 8.85. The van der Waals surface area contributed by atoms with Gasteiger partial charge in [0.05, 0.1) is 18.2 Å². The zero-order valence-electron chi connectivity index (χ0n) is 9.79. The molecule has 18 heavy (non-hydrogen) atoms. The predicted octanol–water partition coefficient (Wildman–Crippen LogP) is 2.25. The maximum Gasteiger partial charge on any atom is 0.223 e. The van der Waals surface area contributed by atoms with Crippen LogP contribution in [0.25, 0.3) is 10.9 Å². The molecule has 0 atom stereocenters. The Morgan fingerprint density at radius 3 is 3.00 bits per heavy atom. The summed E-state index contributed by atoms with van der Waals surface area (Å²) in [4.78, 5) is 4.18. The zero-order chi connectivity index (χ0) is 12.5.